The number of imidazole rings is 1. The Morgan fingerprint density at radius 2 is 1.88 bits per heavy atom. The molecule has 1 atom stereocenters. The Morgan fingerprint density at radius 3 is 2.63 bits per heavy atom. The first-order valence-corrected chi connectivity index (χ1v) is 15.8. The number of hydrogen-bond donors (Lipinski definition) is 2. The van der Waals surface area contributed by atoms with Crippen LogP contribution in [-0.4, -0.2) is 52.4 Å². The second-order valence-electron chi connectivity index (χ2n) is 11.0. The lowest BCUT2D eigenvalue weighted by molar-refractivity contribution is -0.120. The Balaban J connectivity index is 1.16. The lowest BCUT2D eigenvalue weighted by atomic mass is 9.97. The van der Waals surface area contributed by atoms with Crippen molar-refractivity contribution in [3.05, 3.63) is 87.9 Å². The molecule has 2 amide bonds. The molecular formula is C33H41N5O2S. The van der Waals surface area contributed by atoms with E-state index < -0.39 is 0 Å². The Kier molecular flexibility index (Phi) is 9.85. The van der Waals surface area contributed by atoms with Gasteiger partial charge >= 0.3 is 0 Å². The molecule has 2 aromatic heterocycles. The van der Waals surface area contributed by atoms with Crippen molar-refractivity contribution < 1.29 is 9.59 Å². The van der Waals surface area contributed by atoms with E-state index in [2.05, 4.69) is 75.7 Å². The zero-order chi connectivity index (χ0) is 28.6. The van der Waals surface area contributed by atoms with E-state index in [1.807, 2.05) is 24.3 Å². The average Bonchev–Trinajstić information content (AvgIpc) is 3.64. The maximum Gasteiger partial charge on any atom is 0.251 e. The minimum atomic E-state index is -0.259. The minimum Gasteiger partial charge on any atom is -0.354 e. The first-order valence-electron chi connectivity index (χ1n) is 14.9. The smallest absolute Gasteiger partial charge is 0.251 e. The molecule has 7 nitrogen and oxygen atoms in total. The fourth-order valence-electron chi connectivity index (χ4n) is 5.93. The average molecular weight is 572 g/mol. The van der Waals surface area contributed by atoms with Gasteiger partial charge in [0.05, 0.1) is 17.6 Å². The third kappa shape index (κ3) is 7.43. The van der Waals surface area contributed by atoms with Gasteiger partial charge < -0.3 is 15.2 Å². The van der Waals surface area contributed by atoms with Crippen LogP contribution in [0.15, 0.2) is 66.0 Å². The van der Waals surface area contributed by atoms with Gasteiger partial charge in [0.2, 0.25) is 5.91 Å². The normalized spacial score (nSPS) is 15.8. The number of piperidine rings is 1. The Hall–Kier alpha value is -3.49. The summed E-state index contributed by atoms with van der Waals surface area (Å²) < 4.78 is 2.34. The van der Waals surface area contributed by atoms with E-state index in [4.69, 9.17) is 4.98 Å². The summed E-state index contributed by atoms with van der Waals surface area (Å²) in [6, 6.07) is 20.8. The van der Waals surface area contributed by atoms with Crippen LogP contribution in [0.4, 0.5) is 0 Å². The van der Waals surface area contributed by atoms with Crippen LogP contribution >= 0.6 is 11.3 Å². The number of thiophene rings is 1. The van der Waals surface area contributed by atoms with Crippen molar-refractivity contribution in [2.75, 3.05) is 26.2 Å². The number of benzene rings is 2. The molecule has 5 rings (SSSR count). The third-order valence-corrected chi connectivity index (χ3v) is 8.97. The molecule has 41 heavy (non-hydrogen) atoms. The van der Waals surface area contributed by atoms with E-state index in [9.17, 15) is 9.59 Å². The van der Waals surface area contributed by atoms with Crippen LogP contribution in [0.1, 0.15) is 72.2 Å². The van der Waals surface area contributed by atoms with Crippen LogP contribution in [0.2, 0.25) is 0 Å². The zero-order valence-corrected chi connectivity index (χ0v) is 25.0. The van der Waals surface area contributed by atoms with Crippen molar-refractivity contribution in [2.45, 2.75) is 58.5 Å². The monoisotopic (exact) mass is 571 g/mol. The number of rotatable bonds is 12. The third-order valence-electron chi connectivity index (χ3n) is 8.09. The molecule has 2 N–H and O–H groups in total. The van der Waals surface area contributed by atoms with Crippen LogP contribution in [-0.2, 0) is 17.8 Å². The van der Waals surface area contributed by atoms with E-state index in [1.165, 1.54) is 10.4 Å². The molecule has 4 aromatic rings. The second-order valence-corrected chi connectivity index (χ2v) is 12.1. The quantitative estimate of drug-likeness (QED) is 0.225. The lowest BCUT2D eigenvalue weighted by Crippen LogP contribution is -2.43. The molecule has 1 aliphatic rings. The zero-order valence-electron chi connectivity index (χ0n) is 24.1. The van der Waals surface area contributed by atoms with Gasteiger partial charge in [-0.2, -0.15) is 0 Å². The number of likely N-dealkylation sites (tertiary alicyclic amines) is 1. The number of aromatic nitrogens is 2. The van der Waals surface area contributed by atoms with Crippen molar-refractivity contribution in [1.82, 2.24) is 25.1 Å². The highest BCUT2D eigenvalue weighted by Crippen LogP contribution is 2.28. The number of hydrogen-bond acceptors (Lipinski definition) is 5. The predicted octanol–water partition coefficient (Wildman–Crippen LogP) is 5.81. The van der Waals surface area contributed by atoms with E-state index in [0.717, 1.165) is 68.6 Å². The summed E-state index contributed by atoms with van der Waals surface area (Å²) in [5.74, 6) is 1.03. The Labute approximate surface area is 247 Å². The second kappa shape index (κ2) is 13.9. The van der Waals surface area contributed by atoms with Gasteiger partial charge in [0.25, 0.3) is 5.91 Å². The number of amides is 2. The number of carbonyl (C=O) groups is 2. The maximum atomic E-state index is 13.0. The summed E-state index contributed by atoms with van der Waals surface area (Å²) in [5, 5.41) is 7.93. The SMILES string of the molecule is CCC(CC)n1c(Cc2cccs2)nc2cc(C(=O)NCC(=O)NCC3CCCN(Cc4ccccc4)C3)ccc21. The molecule has 0 aliphatic carbocycles. The summed E-state index contributed by atoms with van der Waals surface area (Å²) >= 11 is 1.74. The van der Waals surface area contributed by atoms with Gasteiger partial charge in [0.15, 0.2) is 0 Å². The van der Waals surface area contributed by atoms with Gasteiger partial charge in [-0.25, -0.2) is 4.98 Å². The van der Waals surface area contributed by atoms with Crippen molar-refractivity contribution in [3.63, 3.8) is 0 Å². The van der Waals surface area contributed by atoms with Crippen LogP contribution in [0.25, 0.3) is 11.0 Å². The molecule has 0 saturated carbocycles. The maximum absolute atomic E-state index is 13.0. The minimum absolute atomic E-state index is 0.0386. The van der Waals surface area contributed by atoms with Crippen molar-refractivity contribution in [1.29, 1.82) is 0 Å². The highest BCUT2D eigenvalue weighted by Gasteiger charge is 2.21. The summed E-state index contributed by atoms with van der Waals surface area (Å²) in [5.41, 5.74) is 3.70. The van der Waals surface area contributed by atoms with E-state index in [-0.39, 0.29) is 18.4 Å². The van der Waals surface area contributed by atoms with E-state index in [0.29, 0.717) is 24.1 Å². The van der Waals surface area contributed by atoms with Gasteiger partial charge in [0, 0.05) is 42.5 Å². The molecule has 0 spiro atoms. The lowest BCUT2D eigenvalue weighted by Gasteiger charge is -2.32. The highest BCUT2D eigenvalue weighted by atomic mass is 32.1. The molecule has 0 bridgehead atoms. The first-order chi connectivity index (χ1) is 20.0. The Morgan fingerprint density at radius 1 is 1.05 bits per heavy atom. The summed E-state index contributed by atoms with van der Waals surface area (Å²) in [6.07, 6.45) is 5.05. The molecule has 3 heterocycles. The fourth-order valence-corrected chi connectivity index (χ4v) is 6.63. The van der Waals surface area contributed by atoms with Gasteiger partial charge in [-0.1, -0.05) is 50.2 Å². The Bertz CT molecular complexity index is 1430. The molecule has 8 heteroatoms. The number of nitrogens with one attached hydrogen (secondary N) is 2. The van der Waals surface area contributed by atoms with Gasteiger partial charge in [-0.3, -0.25) is 14.5 Å². The summed E-state index contributed by atoms with van der Waals surface area (Å²) in [4.78, 5) is 34.3. The predicted molar refractivity (Wildman–Crippen MR) is 166 cm³/mol. The van der Waals surface area contributed by atoms with Crippen LogP contribution in [0, 0.1) is 5.92 Å². The highest BCUT2D eigenvalue weighted by molar-refractivity contribution is 7.09. The molecule has 0 radical (unpaired) electrons. The largest absolute Gasteiger partial charge is 0.354 e. The van der Waals surface area contributed by atoms with Gasteiger partial charge in [-0.15, -0.1) is 11.3 Å². The molecule has 1 fully saturated rings. The van der Waals surface area contributed by atoms with E-state index >= 15 is 0 Å². The van der Waals surface area contributed by atoms with Crippen molar-refractivity contribution in [3.8, 4) is 0 Å². The fraction of sp³-hybridized carbons (Fsp3) is 0.424. The molecular weight excluding hydrogens is 530 g/mol. The van der Waals surface area contributed by atoms with Gasteiger partial charge in [-0.05, 0) is 73.4 Å². The van der Waals surface area contributed by atoms with Crippen LogP contribution < -0.4 is 10.6 Å². The topological polar surface area (TPSA) is 79.3 Å². The number of nitrogens with zero attached hydrogens (tertiary/aromatic N) is 3. The number of fused-ring (bicyclic) bond motifs is 1. The van der Waals surface area contributed by atoms with Crippen molar-refractivity contribution >= 4 is 34.2 Å². The standard InChI is InChI=1S/C33H41N5O2S/c1-3-27(4-2)38-30-15-14-26(18-29(30)36-31(38)19-28-13-9-17-41-28)33(40)35-21-32(39)34-20-25-12-8-16-37(23-25)22-24-10-6-5-7-11-24/h5-7,9-11,13-15,17-18,25,27H,3-4,8,12,16,19-23H2,1-2H3,(H,34,39)(H,35,40). The van der Waals surface area contributed by atoms with Crippen LogP contribution in [0.3, 0.4) is 0 Å². The van der Waals surface area contributed by atoms with Crippen LogP contribution in [0.5, 0.6) is 0 Å². The summed E-state index contributed by atoms with van der Waals surface area (Å²) in [7, 11) is 0. The molecule has 216 valence electrons. The van der Waals surface area contributed by atoms with Crippen molar-refractivity contribution in [2.24, 2.45) is 5.92 Å². The van der Waals surface area contributed by atoms with E-state index in [1.54, 1.807) is 11.3 Å². The number of carbonyl (C=O) groups excluding carboxylic acids is 2. The summed E-state index contributed by atoms with van der Waals surface area (Å²) in [6.45, 7) is 8.00. The molecule has 1 saturated heterocycles. The molecule has 1 aliphatic heterocycles. The van der Waals surface area contributed by atoms with Gasteiger partial charge in [0.1, 0.15) is 5.82 Å². The molecule has 1 unspecified atom stereocenters. The molecule has 2 aromatic carbocycles. The first kappa shape index (κ1) is 29.0.